The minimum absolute atomic E-state index is 0.289. The molecule has 0 unspecified atom stereocenters. The summed E-state index contributed by atoms with van der Waals surface area (Å²) in [5.41, 5.74) is 7.86. The van der Waals surface area contributed by atoms with Crippen LogP contribution >= 0.6 is 0 Å². The lowest BCUT2D eigenvalue weighted by Crippen LogP contribution is -2.40. The highest BCUT2D eigenvalue weighted by molar-refractivity contribution is 6.40. The molecular weight excluding hydrogens is 300 g/mol. The van der Waals surface area contributed by atoms with Crippen molar-refractivity contribution in [3.63, 3.8) is 0 Å². The van der Waals surface area contributed by atoms with Gasteiger partial charge >= 0.3 is 11.8 Å². The third kappa shape index (κ3) is 2.99. The second-order valence-corrected chi connectivity index (χ2v) is 5.69. The molecule has 3 aromatic rings. The summed E-state index contributed by atoms with van der Waals surface area (Å²) in [6, 6.07) is 21.3. The summed E-state index contributed by atoms with van der Waals surface area (Å²) in [6.07, 6.45) is 0. The second kappa shape index (κ2) is 6.54. The second-order valence-electron chi connectivity index (χ2n) is 5.69. The fourth-order valence-electron chi connectivity index (χ4n) is 2.87. The Morgan fingerprint density at radius 3 is 2.29 bits per heavy atom. The summed E-state index contributed by atoms with van der Waals surface area (Å²) in [6.45, 7) is 2.21. The molecular formula is C20H18N2O2. The number of fused-ring (bicyclic) bond motifs is 1. The third-order valence-corrected chi connectivity index (χ3v) is 4.01. The van der Waals surface area contributed by atoms with Crippen LogP contribution in [0.1, 0.15) is 11.1 Å². The highest BCUT2D eigenvalue weighted by Crippen LogP contribution is 2.31. The molecule has 4 heteroatoms. The molecule has 0 saturated carbocycles. The van der Waals surface area contributed by atoms with Crippen LogP contribution in [-0.2, 0) is 16.1 Å². The van der Waals surface area contributed by atoms with E-state index >= 15 is 0 Å². The van der Waals surface area contributed by atoms with Gasteiger partial charge in [0, 0.05) is 5.39 Å². The van der Waals surface area contributed by atoms with Crippen molar-refractivity contribution in [3.05, 3.63) is 77.9 Å². The van der Waals surface area contributed by atoms with Crippen molar-refractivity contribution in [1.82, 2.24) is 0 Å². The van der Waals surface area contributed by atoms with Gasteiger partial charge in [-0.3, -0.25) is 14.5 Å². The molecule has 0 spiro atoms. The van der Waals surface area contributed by atoms with Crippen molar-refractivity contribution < 1.29 is 9.59 Å². The minimum Gasteiger partial charge on any atom is -0.361 e. The van der Waals surface area contributed by atoms with Crippen molar-refractivity contribution in [3.8, 4) is 0 Å². The van der Waals surface area contributed by atoms with E-state index in [0.717, 1.165) is 27.6 Å². The summed E-state index contributed by atoms with van der Waals surface area (Å²) in [5.74, 6) is -1.67. The van der Waals surface area contributed by atoms with E-state index in [4.69, 9.17) is 5.73 Å². The Labute approximate surface area is 140 Å². The van der Waals surface area contributed by atoms with E-state index in [1.807, 2.05) is 73.7 Å². The van der Waals surface area contributed by atoms with Crippen molar-refractivity contribution in [2.24, 2.45) is 5.73 Å². The van der Waals surface area contributed by atoms with E-state index in [0.29, 0.717) is 0 Å². The van der Waals surface area contributed by atoms with Crippen molar-refractivity contribution >= 4 is 28.3 Å². The smallest absolute Gasteiger partial charge is 0.316 e. The predicted octanol–water partition coefficient (Wildman–Crippen LogP) is 3.17. The normalized spacial score (nSPS) is 10.5. The number of benzene rings is 3. The topological polar surface area (TPSA) is 63.4 Å². The van der Waals surface area contributed by atoms with Gasteiger partial charge in [0.1, 0.15) is 0 Å². The molecule has 3 rings (SSSR count). The number of nitrogens with zero attached hydrogens (tertiary/aromatic N) is 1. The monoisotopic (exact) mass is 318 g/mol. The maximum absolute atomic E-state index is 12.5. The molecule has 0 aliphatic rings. The fraction of sp³-hybridized carbons (Fsp3) is 0.100. The predicted molar refractivity (Wildman–Crippen MR) is 95.5 cm³/mol. The van der Waals surface area contributed by atoms with E-state index in [-0.39, 0.29) is 6.54 Å². The molecule has 4 nitrogen and oxygen atoms in total. The standard InChI is InChI=1S/C20H18N2O2/c1-14-11-12-16-9-5-6-10-17(16)18(14)22(20(24)19(21)23)13-15-7-3-2-4-8-15/h2-12H,13H2,1H3,(H2,21,23). The lowest BCUT2D eigenvalue weighted by Gasteiger charge is -2.25. The zero-order valence-electron chi connectivity index (χ0n) is 13.4. The van der Waals surface area contributed by atoms with Gasteiger partial charge in [-0.15, -0.1) is 0 Å². The maximum Gasteiger partial charge on any atom is 0.316 e. The molecule has 2 N–H and O–H groups in total. The Bertz CT molecular complexity index is 904. The van der Waals surface area contributed by atoms with Gasteiger partial charge in [0.2, 0.25) is 0 Å². The minimum atomic E-state index is -0.960. The van der Waals surface area contributed by atoms with Crippen LogP contribution in [0.3, 0.4) is 0 Å². The molecule has 0 saturated heterocycles. The van der Waals surface area contributed by atoms with E-state index in [1.165, 1.54) is 4.90 Å². The number of hydrogen-bond acceptors (Lipinski definition) is 2. The van der Waals surface area contributed by atoms with E-state index < -0.39 is 11.8 Å². The average Bonchev–Trinajstić information content (AvgIpc) is 2.60. The van der Waals surface area contributed by atoms with Gasteiger partial charge in [0.05, 0.1) is 12.2 Å². The summed E-state index contributed by atoms with van der Waals surface area (Å²) in [4.78, 5) is 25.5. The first kappa shape index (κ1) is 15.7. The molecule has 0 aliphatic carbocycles. The third-order valence-electron chi connectivity index (χ3n) is 4.01. The molecule has 0 heterocycles. The number of carbonyl (C=O) groups is 2. The molecule has 0 fully saturated rings. The zero-order chi connectivity index (χ0) is 17.1. The van der Waals surface area contributed by atoms with Gasteiger partial charge in [0.15, 0.2) is 0 Å². The quantitative estimate of drug-likeness (QED) is 0.754. The van der Waals surface area contributed by atoms with Crippen LogP contribution in [-0.4, -0.2) is 11.8 Å². The van der Waals surface area contributed by atoms with E-state index in [9.17, 15) is 9.59 Å². The van der Waals surface area contributed by atoms with Crippen LogP contribution in [0.2, 0.25) is 0 Å². The Balaban J connectivity index is 2.17. The Kier molecular flexibility index (Phi) is 4.29. The van der Waals surface area contributed by atoms with E-state index in [1.54, 1.807) is 0 Å². The van der Waals surface area contributed by atoms with Crippen LogP contribution in [0.15, 0.2) is 66.7 Å². The summed E-state index contributed by atoms with van der Waals surface area (Å²) < 4.78 is 0. The summed E-state index contributed by atoms with van der Waals surface area (Å²) in [5, 5.41) is 1.93. The first-order valence-electron chi connectivity index (χ1n) is 7.71. The molecule has 2 amide bonds. The lowest BCUT2D eigenvalue weighted by molar-refractivity contribution is -0.135. The van der Waals surface area contributed by atoms with Crippen LogP contribution in [0.4, 0.5) is 5.69 Å². The zero-order valence-corrected chi connectivity index (χ0v) is 13.4. The van der Waals surface area contributed by atoms with Crippen LogP contribution < -0.4 is 10.6 Å². The van der Waals surface area contributed by atoms with Crippen molar-refractivity contribution in [2.75, 3.05) is 4.90 Å². The maximum atomic E-state index is 12.5. The van der Waals surface area contributed by atoms with Gasteiger partial charge in [-0.2, -0.15) is 0 Å². The molecule has 120 valence electrons. The fourth-order valence-corrected chi connectivity index (χ4v) is 2.87. The van der Waals surface area contributed by atoms with E-state index in [2.05, 4.69) is 0 Å². The van der Waals surface area contributed by atoms with Gasteiger partial charge in [-0.05, 0) is 23.4 Å². The summed E-state index contributed by atoms with van der Waals surface area (Å²) >= 11 is 0. The number of carbonyl (C=O) groups excluding carboxylic acids is 2. The number of aryl methyl sites for hydroxylation is 1. The molecule has 0 atom stereocenters. The van der Waals surface area contributed by atoms with Gasteiger partial charge in [-0.25, -0.2) is 0 Å². The number of anilines is 1. The number of amides is 2. The molecule has 24 heavy (non-hydrogen) atoms. The van der Waals surface area contributed by atoms with Crippen LogP contribution in [0.5, 0.6) is 0 Å². The lowest BCUT2D eigenvalue weighted by atomic mass is 10.0. The van der Waals surface area contributed by atoms with Gasteiger partial charge in [0.25, 0.3) is 0 Å². The SMILES string of the molecule is Cc1ccc2ccccc2c1N(Cc1ccccc1)C(=O)C(N)=O. The Morgan fingerprint density at radius 2 is 1.58 bits per heavy atom. The highest BCUT2D eigenvalue weighted by atomic mass is 16.2. The Hall–Kier alpha value is -3.14. The number of primary amides is 1. The molecule has 0 aromatic heterocycles. The molecule has 0 bridgehead atoms. The largest absolute Gasteiger partial charge is 0.361 e. The number of rotatable bonds is 3. The van der Waals surface area contributed by atoms with Gasteiger partial charge < -0.3 is 5.73 Å². The van der Waals surface area contributed by atoms with Crippen molar-refractivity contribution in [1.29, 1.82) is 0 Å². The molecule has 0 aliphatic heterocycles. The molecule has 3 aromatic carbocycles. The summed E-state index contributed by atoms with van der Waals surface area (Å²) in [7, 11) is 0. The number of nitrogens with two attached hydrogens (primary N) is 1. The van der Waals surface area contributed by atoms with Gasteiger partial charge in [-0.1, -0.05) is 66.7 Å². The highest BCUT2D eigenvalue weighted by Gasteiger charge is 2.24. The first-order valence-corrected chi connectivity index (χ1v) is 7.71. The van der Waals surface area contributed by atoms with Crippen LogP contribution in [0, 0.1) is 6.92 Å². The number of hydrogen-bond donors (Lipinski definition) is 1. The molecule has 0 radical (unpaired) electrons. The van der Waals surface area contributed by atoms with Crippen molar-refractivity contribution in [2.45, 2.75) is 13.5 Å². The van der Waals surface area contributed by atoms with Crippen LogP contribution in [0.25, 0.3) is 10.8 Å². The Morgan fingerprint density at radius 1 is 0.917 bits per heavy atom. The first-order chi connectivity index (χ1) is 11.6. The average molecular weight is 318 g/mol.